The van der Waals surface area contributed by atoms with E-state index in [1.165, 1.54) is 32.2 Å². The van der Waals surface area contributed by atoms with Crippen LogP contribution in [0.25, 0.3) is 0 Å². The standard InChI is InChI=1S/C10H20N2OS/c13-14-7-10(8-14)12-6-4-9-3-1-2-5-11-9/h9-12H,1-8H2. The minimum Gasteiger partial charge on any atom is -0.314 e. The van der Waals surface area contributed by atoms with Gasteiger partial charge in [-0.25, -0.2) is 0 Å². The molecule has 82 valence electrons. The summed E-state index contributed by atoms with van der Waals surface area (Å²) < 4.78 is 10.8. The molecule has 2 fully saturated rings. The molecule has 0 saturated carbocycles. The van der Waals surface area contributed by atoms with E-state index in [1.807, 2.05) is 0 Å². The number of hydrogen-bond donors (Lipinski definition) is 2. The van der Waals surface area contributed by atoms with Gasteiger partial charge in [0.25, 0.3) is 0 Å². The van der Waals surface area contributed by atoms with Crippen LogP contribution >= 0.6 is 0 Å². The Morgan fingerprint density at radius 2 is 2.21 bits per heavy atom. The van der Waals surface area contributed by atoms with Crippen LogP contribution < -0.4 is 10.6 Å². The van der Waals surface area contributed by atoms with Crippen molar-refractivity contribution in [3.63, 3.8) is 0 Å². The Bertz CT molecular complexity index is 196. The van der Waals surface area contributed by atoms with E-state index in [9.17, 15) is 4.21 Å². The summed E-state index contributed by atoms with van der Waals surface area (Å²) in [4.78, 5) is 0. The molecular weight excluding hydrogens is 196 g/mol. The topological polar surface area (TPSA) is 41.1 Å². The minimum absolute atomic E-state index is 0.508. The molecule has 0 radical (unpaired) electrons. The van der Waals surface area contributed by atoms with Crippen molar-refractivity contribution in [1.29, 1.82) is 0 Å². The molecule has 0 bridgehead atoms. The Labute approximate surface area is 88.5 Å². The Morgan fingerprint density at radius 3 is 2.86 bits per heavy atom. The normalized spacial score (nSPS) is 37.9. The number of hydrogen-bond acceptors (Lipinski definition) is 3. The molecule has 2 saturated heterocycles. The molecule has 0 aromatic carbocycles. The van der Waals surface area contributed by atoms with Crippen LogP contribution in [0, 0.1) is 0 Å². The van der Waals surface area contributed by atoms with Crippen LogP contribution in [-0.2, 0) is 10.8 Å². The zero-order valence-corrected chi connectivity index (χ0v) is 9.44. The highest BCUT2D eigenvalue weighted by Crippen LogP contribution is 2.10. The van der Waals surface area contributed by atoms with Crippen LogP contribution in [0.4, 0.5) is 0 Å². The van der Waals surface area contributed by atoms with Gasteiger partial charge >= 0.3 is 0 Å². The van der Waals surface area contributed by atoms with Gasteiger partial charge in [0, 0.05) is 34.4 Å². The summed E-state index contributed by atoms with van der Waals surface area (Å²) in [6.07, 6.45) is 5.28. The summed E-state index contributed by atoms with van der Waals surface area (Å²) in [5, 5.41) is 7.00. The lowest BCUT2D eigenvalue weighted by Gasteiger charge is -2.28. The average Bonchev–Trinajstić information content (AvgIpc) is 2.17. The Balaban J connectivity index is 1.51. The van der Waals surface area contributed by atoms with Gasteiger partial charge in [-0.2, -0.15) is 0 Å². The van der Waals surface area contributed by atoms with E-state index in [4.69, 9.17) is 0 Å². The van der Waals surface area contributed by atoms with Gasteiger partial charge in [0.05, 0.1) is 0 Å². The van der Waals surface area contributed by atoms with Gasteiger partial charge in [0.1, 0.15) is 0 Å². The second kappa shape index (κ2) is 5.24. The SMILES string of the molecule is O=S1CC(NCCC2CCCCN2)C1. The van der Waals surface area contributed by atoms with Gasteiger partial charge < -0.3 is 10.6 Å². The smallest absolute Gasteiger partial charge is 0.0398 e. The number of nitrogens with one attached hydrogen (secondary N) is 2. The van der Waals surface area contributed by atoms with Gasteiger partial charge in [-0.15, -0.1) is 0 Å². The predicted molar refractivity (Wildman–Crippen MR) is 59.9 cm³/mol. The number of rotatable bonds is 4. The van der Waals surface area contributed by atoms with Gasteiger partial charge in [-0.05, 0) is 32.4 Å². The molecule has 1 atom stereocenters. The first-order valence-corrected chi connectivity index (χ1v) is 7.15. The lowest BCUT2D eigenvalue weighted by molar-refractivity contribution is 0.371. The maximum absolute atomic E-state index is 10.8. The molecule has 2 aliphatic rings. The summed E-state index contributed by atoms with van der Waals surface area (Å²) in [7, 11) is -0.508. The lowest BCUT2D eigenvalue weighted by atomic mass is 10.0. The Kier molecular flexibility index (Phi) is 3.96. The van der Waals surface area contributed by atoms with Crippen LogP contribution in [0.3, 0.4) is 0 Å². The summed E-state index contributed by atoms with van der Waals surface area (Å²) >= 11 is 0. The van der Waals surface area contributed by atoms with Crippen molar-refractivity contribution in [2.75, 3.05) is 24.6 Å². The first kappa shape index (κ1) is 10.6. The lowest BCUT2D eigenvalue weighted by Crippen LogP contribution is -2.49. The zero-order valence-electron chi connectivity index (χ0n) is 8.63. The molecule has 2 heterocycles. The molecule has 2 N–H and O–H groups in total. The summed E-state index contributed by atoms with van der Waals surface area (Å²) in [6, 6.07) is 1.27. The molecule has 0 aromatic rings. The molecule has 2 rings (SSSR count). The third-order valence-corrected chi connectivity index (χ3v) is 4.66. The van der Waals surface area contributed by atoms with Crippen LogP contribution in [0.1, 0.15) is 25.7 Å². The van der Waals surface area contributed by atoms with Crippen molar-refractivity contribution in [1.82, 2.24) is 10.6 Å². The molecule has 0 amide bonds. The highest BCUT2D eigenvalue weighted by Gasteiger charge is 2.24. The van der Waals surface area contributed by atoms with Crippen LogP contribution in [0.5, 0.6) is 0 Å². The number of piperidine rings is 1. The second-order valence-electron chi connectivity index (χ2n) is 4.36. The van der Waals surface area contributed by atoms with E-state index < -0.39 is 10.8 Å². The first-order chi connectivity index (χ1) is 6.84. The fourth-order valence-corrected chi connectivity index (χ4v) is 3.19. The predicted octanol–water partition coefficient (Wildman–Crippen LogP) is 0.239. The molecule has 4 heteroatoms. The van der Waals surface area contributed by atoms with Crippen LogP contribution in [0.2, 0.25) is 0 Å². The molecule has 3 nitrogen and oxygen atoms in total. The van der Waals surface area contributed by atoms with Crippen molar-refractivity contribution in [3.8, 4) is 0 Å². The zero-order chi connectivity index (χ0) is 9.80. The summed E-state index contributed by atoms with van der Waals surface area (Å²) in [6.45, 7) is 2.28. The van der Waals surface area contributed by atoms with Crippen molar-refractivity contribution in [3.05, 3.63) is 0 Å². The molecule has 0 aliphatic carbocycles. The molecule has 0 spiro atoms. The quantitative estimate of drug-likeness (QED) is 0.707. The molecule has 14 heavy (non-hydrogen) atoms. The second-order valence-corrected chi connectivity index (χ2v) is 5.91. The van der Waals surface area contributed by atoms with Crippen molar-refractivity contribution >= 4 is 10.8 Å². The maximum atomic E-state index is 10.8. The van der Waals surface area contributed by atoms with Crippen molar-refractivity contribution in [2.24, 2.45) is 0 Å². The fourth-order valence-electron chi connectivity index (χ4n) is 2.15. The molecule has 1 unspecified atom stereocenters. The van der Waals surface area contributed by atoms with E-state index in [2.05, 4.69) is 10.6 Å². The van der Waals surface area contributed by atoms with Crippen molar-refractivity contribution in [2.45, 2.75) is 37.8 Å². The van der Waals surface area contributed by atoms with E-state index in [1.54, 1.807) is 0 Å². The fraction of sp³-hybridized carbons (Fsp3) is 1.00. The maximum Gasteiger partial charge on any atom is 0.0398 e. The van der Waals surface area contributed by atoms with E-state index >= 15 is 0 Å². The average molecular weight is 216 g/mol. The largest absolute Gasteiger partial charge is 0.314 e. The first-order valence-electron chi connectivity index (χ1n) is 5.66. The molecule has 0 aromatic heterocycles. The minimum atomic E-state index is -0.508. The van der Waals surface area contributed by atoms with E-state index in [-0.39, 0.29) is 0 Å². The van der Waals surface area contributed by atoms with E-state index in [0.717, 1.165) is 24.1 Å². The van der Waals surface area contributed by atoms with Crippen LogP contribution in [0.15, 0.2) is 0 Å². The van der Waals surface area contributed by atoms with Gasteiger partial charge in [0.15, 0.2) is 0 Å². The summed E-state index contributed by atoms with van der Waals surface area (Å²) in [5.41, 5.74) is 0. The Morgan fingerprint density at radius 1 is 1.36 bits per heavy atom. The van der Waals surface area contributed by atoms with Gasteiger partial charge in [-0.1, -0.05) is 6.42 Å². The van der Waals surface area contributed by atoms with Gasteiger partial charge in [-0.3, -0.25) is 4.21 Å². The monoisotopic (exact) mass is 216 g/mol. The Hall–Kier alpha value is 0.0700. The third-order valence-electron chi connectivity index (χ3n) is 3.11. The molecule has 2 aliphatic heterocycles. The van der Waals surface area contributed by atoms with Gasteiger partial charge in [0.2, 0.25) is 0 Å². The van der Waals surface area contributed by atoms with Crippen molar-refractivity contribution < 1.29 is 4.21 Å². The van der Waals surface area contributed by atoms with Crippen LogP contribution in [-0.4, -0.2) is 40.9 Å². The highest BCUT2D eigenvalue weighted by molar-refractivity contribution is 7.86. The van der Waals surface area contributed by atoms with E-state index in [0.29, 0.717) is 6.04 Å². The molecular formula is C10H20N2OS. The highest BCUT2D eigenvalue weighted by atomic mass is 32.2. The third kappa shape index (κ3) is 3.04. The summed E-state index contributed by atoms with van der Waals surface area (Å²) in [5.74, 6) is 1.75.